The van der Waals surface area contributed by atoms with E-state index >= 15 is 0 Å². The first-order valence-electron chi connectivity index (χ1n) is 8.76. The highest BCUT2D eigenvalue weighted by atomic mass is 35.5. The number of aromatic amines is 1. The van der Waals surface area contributed by atoms with Crippen molar-refractivity contribution in [2.24, 2.45) is 7.05 Å². The minimum Gasteiger partial charge on any atom is -0.379 e. The molecule has 0 atom stereocenters. The number of H-pyrrole nitrogens is 1. The van der Waals surface area contributed by atoms with Crippen molar-refractivity contribution in [3.05, 3.63) is 61.5 Å². The Kier molecular flexibility index (Phi) is 4.86. The summed E-state index contributed by atoms with van der Waals surface area (Å²) in [4.78, 5) is 33.8. The van der Waals surface area contributed by atoms with E-state index in [2.05, 4.69) is 14.9 Å². The van der Waals surface area contributed by atoms with Gasteiger partial charge in [-0.1, -0.05) is 23.7 Å². The number of hydrogen-bond acceptors (Lipinski definition) is 5. The topological polar surface area (TPSA) is 85.2 Å². The first kappa shape index (κ1) is 18.0. The fourth-order valence-corrected chi connectivity index (χ4v) is 3.56. The first-order chi connectivity index (χ1) is 13.0. The molecule has 0 unspecified atom stereocenters. The number of nitrogens with zero attached hydrogens (tertiary/aromatic N) is 4. The number of aryl methyl sites for hydroxylation is 1. The van der Waals surface area contributed by atoms with Crippen LogP contribution in [0.2, 0.25) is 5.02 Å². The third kappa shape index (κ3) is 3.55. The molecule has 0 bridgehead atoms. The molecule has 0 amide bonds. The van der Waals surface area contributed by atoms with E-state index in [9.17, 15) is 9.59 Å². The lowest BCUT2D eigenvalue weighted by molar-refractivity contribution is 0.0327. The summed E-state index contributed by atoms with van der Waals surface area (Å²) in [7, 11) is 1.61. The lowest BCUT2D eigenvalue weighted by Crippen LogP contribution is -2.36. The van der Waals surface area contributed by atoms with E-state index in [1.165, 1.54) is 4.57 Å². The Labute approximate surface area is 160 Å². The summed E-state index contributed by atoms with van der Waals surface area (Å²) >= 11 is 6.12. The number of imidazole rings is 1. The van der Waals surface area contributed by atoms with Gasteiger partial charge in [0.05, 0.1) is 19.8 Å². The van der Waals surface area contributed by atoms with Crippen LogP contribution >= 0.6 is 11.6 Å². The zero-order valence-electron chi connectivity index (χ0n) is 14.9. The number of fused-ring (bicyclic) bond motifs is 1. The van der Waals surface area contributed by atoms with Crippen LogP contribution < -0.4 is 11.2 Å². The van der Waals surface area contributed by atoms with E-state index in [4.69, 9.17) is 16.3 Å². The van der Waals surface area contributed by atoms with Crippen molar-refractivity contribution in [3.63, 3.8) is 0 Å². The SMILES string of the molecule is Cn1c(=O)[nH]c(=O)c2c1nc(CN1CCOCC1)n2Cc1cccc(Cl)c1. The third-order valence-corrected chi connectivity index (χ3v) is 5.02. The lowest BCUT2D eigenvalue weighted by Gasteiger charge is -2.26. The van der Waals surface area contributed by atoms with Gasteiger partial charge in [-0.05, 0) is 17.7 Å². The molecule has 0 aliphatic carbocycles. The van der Waals surface area contributed by atoms with Crippen LogP contribution in [0.3, 0.4) is 0 Å². The molecule has 1 fully saturated rings. The fourth-order valence-electron chi connectivity index (χ4n) is 3.35. The molecule has 142 valence electrons. The fraction of sp³-hybridized carbons (Fsp3) is 0.389. The Morgan fingerprint density at radius 1 is 1.22 bits per heavy atom. The van der Waals surface area contributed by atoms with Crippen molar-refractivity contribution in [2.75, 3.05) is 26.3 Å². The summed E-state index contributed by atoms with van der Waals surface area (Å²) < 4.78 is 8.64. The van der Waals surface area contributed by atoms with Gasteiger partial charge in [-0.25, -0.2) is 9.78 Å². The predicted octanol–water partition coefficient (Wildman–Crippen LogP) is 0.957. The van der Waals surface area contributed by atoms with Crippen LogP contribution in [-0.2, 0) is 24.9 Å². The van der Waals surface area contributed by atoms with Crippen LogP contribution in [-0.4, -0.2) is 50.3 Å². The predicted molar refractivity (Wildman–Crippen MR) is 102 cm³/mol. The standard InChI is InChI=1S/C18H20ClN5O3/c1-22-16-15(17(25)21-18(22)26)24(10-12-3-2-4-13(19)9-12)14(20-16)11-23-5-7-27-8-6-23/h2-4,9H,5-8,10-11H2,1H3,(H,21,25,26). The van der Waals surface area contributed by atoms with E-state index in [1.54, 1.807) is 7.05 Å². The van der Waals surface area contributed by atoms with Gasteiger partial charge in [0.2, 0.25) is 0 Å². The van der Waals surface area contributed by atoms with Gasteiger partial charge < -0.3 is 9.30 Å². The Balaban J connectivity index is 1.84. The molecule has 3 aromatic rings. The number of ether oxygens (including phenoxy) is 1. The largest absolute Gasteiger partial charge is 0.379 e. The van der Waals surface area contributed by atoms with Gasteiger partial charge in [-0.15, -0.1) is 0 Å². The van der Waals surface area contributed by atoms with Gasteiger partial charge in [0.25, 0.3) is 5.56 Å². The molecule has 1 N–H and O–H groups in total. The van der Waals surface area contributed by atoms with Crippen molar-refractivity contribution in [1.82, 2.24) is 24.0 Å². The Bertz CT molecular complexity index is 1090. The second-order valence-corrected chi connectivity index (χ2v) is 7.06. The van der Waals surface area contributed by atoms with Gasteiger partial charge in [0.1, 0.15) is 5.82 Å². The van der Waals surface area contributed by atoms with E-state index in [0.29, 0.717) is 42.5 Å². The van der Waals surface area contributed by atoms with E-state index in [0.717, 1.165) is 24.5 Å². The summed E-state index contributed by atoms with van der Waals surface area (Å²) in [6.45, 7) is 3.97. The second-order valence-electron chi connectivity index (χ2n) is 6.62. The second kappa shape index (κ2) is 7.30. The molecule has 1 saturated heterocycles. The zero-order valence-corrected chi connectivity index (χ0v) is 15.7. The van der Waals surface area contributed by atoms with Crippen molar-refractivity contribution in [3.8, 4) is 0 Å². The molecule has 27 heavy (non-hydrogen) atoms. The number of rotatable bonds is 4. The zero-order chi connectivity index (χ0) is 19.0. The van der Waals surface area contributed by atoms with Crippen LogP contribution in [0.25, 0.3) is 11.2 Å². The average Bonchev–Trinajstić information content (AvgIpc) is 2.99. The van der Waals surface area contributed by atoms with Crippen molar-refractivity contribution in [1.29, 1.82) is 0 Å². The van der Waals surface area contributed by atoms with Gasteiger partial charge in [-0.2, -0.15) is 0 Å². The monoisotopic (exact) mass is 389 g/mol. The summed E-state index contributed by atoms with van der Waals surface area (Å²) in [5.41, 5.74) is 0.821. The maximum absolute atomic E-state index is 12.5. The molecular weight excluding hydrogens is 370 g/mol. The van der Waals surface area contributed by atoms with Crippen LogP contribution in [0.5, 0.6) is 0 Å². The molecule has 0 saturated carbocycles. The number of nitrogens with one attached hydrogen (secondary N) is 1. The molecule has 2 aromatic heterocycles. The minimum absolute atomic E-state index is 0.383. The van der Waals surface area contributed by atoms with E-state index in [1.807, 2.05) is 28.8 Å². The Morgan fingerprint density at radius 3 is 2.74 bits per heavy atom. The smallest absolute Gasteiger partial charge is 0.329 e. The van der Waals surface area contributed by atoms with E-state index in [-0.39, 0.29) is 0 Å². The highest BCUT2D eigenvalue weighted by Crippen LogP contribution is 2.18. The number of aromatic nitrogens is 4. The van der Waals surface area contributed by atoms with Crippen LogP contribution in [0.4, 0.5) is 0 Å². The van der Waals surface area contributed by atoms with Gasteiger partial charge in [0.15, 0.2) is 11.2 Å². The summed E-state index contributed by atoms with van der Waals surface area (Å²) in [5.74, 6) is 0.735. The molecule has 4 rings (SSSR count). The lowest BCUT2D eigenvalue weighted by atomic mass is 10.2. The van der Waals surface area contributed by atoms with Crippen LogP contribution in [0.15, 0.2) is 33.9 Å². The van der Waals surface area contributed by atoms with Crippen LogP contribution in [0.1, 0.15) is 11.4 Å². The number of morpholine rings is 1. The minimum atomic E-state index is -0.474. The van der Waals surface area contributed by atoms with Crippen molar-refractivity contribution >= 4 is 22.8 Å². The quantitative estimate of drug-likeness (QED) is 0.718. The summed E-state index contributed by atoms with van der Waals surface area (Å²) in [5, 5.41) is 0.632. The summed E-state index contributed by atoms with van der Waals surface area (Å²) in [6, 6.07) is 7.50. The van der Waals surface area contributed by atoms with Gasteiger partial charge in [0, 0.05) is 31.7 Å². The third-order valence-electron chi connectivity index (χ3n) is 4.78. The van der Waals surface area contributed by atoms with Gasteiger partial charge in [-0.3, -0.25) is 19.2 Å². The summed E-state index contributed by atoms with van der Waals surface area (Å²) in [6.07, 6.45) is 0. The maximum atomic E-state index is 12.5. The Morgan fingerprint density at radius 2 is 2.00 bits per heavy atom. The highest BCUT2D eigenvalue weighted by Gasteiger charge is 2.20. The molecule has 1 aliphatic rings. The molecule has 1 aliphatic heterocycles. The molecule has 9 heteroatoms. The van der Waals surface area contributed by atoms with E-state index < -0.39 is 11.2 Å². The normalized spacial score (nSPS) is 15.5. The molecule has 8 nitrogen and oxygen atoms in total. The average molecular weight is 390 g/mol. The number of hydrogen-bond donors (Lipinski definition) is 1. The number of benzene rings is 1. The molecule has 0 radical (unpaired) electrons. The first-order valence-corrected chi connectivity index (χ1v) is 9.13. The maximum Gasteiger partial charge on any atom is 0.329 e. The highest BCUT2D eigenvalue weighted by molar-refractivity contribution is 6.30. The molecular formula is C18H20ClN5O3. The van der Waals surface area contributed by atoms with Gasteiger partial charge >= 0.3 is 5.69 Å². The number of halogens is 1. The molecule has 3 heterocycles. The molecule has 1 aromatic carbocycles. The van der Waals surface area contributed by atoms with Crippen molar-refractivity contribution in [2.45, 2.75) is 13.1 Å². The van der Waals surface area contributed by atoms with Crippen molar-refractivity contribution < 1.29 is 4.74 Å². The molecule has 0 spiro atoms. The Hall–Kier alpha value is -2.42. The van der Waals surface area contributed by atoms with Crippen LogP contribution in [0, 0.1) is 0 Å².